The molecule has 1 heterocycles. The molecule has 1 aromatic heterocycles. The van der Waals surface area contributed by atoms with Crippen LogP contribution in [0.2, 0.25) is 0 Å². The molecule has 3 heteroatoms. The van der Waals surface area contributed by atoms with Crippen LogP contribution in [0.1, 0.15) is 63.4 Å². The third-order valence-corrected chi connectivity index (χ3v) is 3.67. The van der Waals surface area contributed by atoms with Crippen LogP contribution in [0, 0.1) is 0 Å². The zero-order valence-corrected chi connectivity index (χ0v) is 13.3. The van der Waals surface area contributed by atoms with Crippen molar-refractivity contribution < 1.29 is 9.84 Å². The molecule has 120 valence electrons. The summed E-state index contributed by atoms with van der Waals surface area (Å²) in [5.74, 6) is 0. The highest BCUT2D eigenvalue weighted by Gasteiger charge is 1.95. The van der Waals surface area contributed by atoms with Gasteiger partial charge in [-0.05, 0) is 37.3 Å². The summed E-state index contributed by atoms with van der Waals surface area (Å²) in [4.78, 5) is 4.11. The highest BCUT2D eigenvalue weighted by molar-refractivity contribution is 5.08. The Bertz CT molecular complexity index is 316. The molecule has 0 unspecified atom stereocenters. The SMILES string of the molecule is OCCCCCCCCCCOCCCc1cccnc1. The monoisotopic (exact) mass is 293 g/mol. The summed E-state index contributed by atoms with van der Waals surface area (Å²) in [5, 5.41) is 8.68. The molecule has 0 aliphatic heterocycles. The van der Waals surface area contributed by atoms with Gasteiger partial charge in [0.25, 0.3) is 0 Å². The molecule has 0 radical (unpaired) electrons. The number of hydrogen-bond donors (Lipinski definition) is 1. The lowest BCUT2D eigenvalue weighted by molar-refractivity contribution is 0.127. The number of hydrogen-bond acceptors (Lipinski definition) is 3. The van der Waals surface area contributed by atoms with E-state index in [1.165, 1.54) is 50.5 Å². The fourth-order valence-electron chi connectivity index (χ4n) is 2.40. The number of aliphatic hydroxyl groups is 1. The first-order valence-electron chi connectivity index (χ1n) is 8.51. The van der Waals surface area contributed by atoms with Gasteiger partial charge in [-0.15, -0.1) is 0 Å². The number of aliphatic hydroxyl groups excluding tert-OH is 1. The van der Waals surface area contributed by atoms with Crippen molar-refractivity contribution in [1.82, 2.24) is 4.98 Å². The topological polar surface area (TPSA) is 42.4 Å². The van der Waals surface area contributed by atoms with Gasteiger partial charge >= 0.3 is 0 Å². The Labute approximate surface area is 129 Å². The highest BCUT2D eigenvalue weighted by atomic mass is 16.5. The van der Waals surface area contributed by atoms with E-state index in [0.29, 0.717) is 6.61 Å². The maximum absolute atomic E-state index is 8.68. The van der Waals surface area contributed by atoms with E-state index >= 15 is 0 Å². The number of aromatic nitrogens is 1. The van der Waals surface area contributed by atoms with Crippen molar-refractivity contribution in [2.75, 3.05) is 19.8 Å². The standard InChI is InChI=1S/C18H31NO2/c20-14-7-5-3-1-2-4-6-8-15-21-16-10-12-18-11-9-13-19-17-18/h9,11,13,17,20H,1-8,10,12,14-16H2. The van der Waals surface area contributed by atoms with Gasteiger partial charge in [0.2, 0.25) is 0 Å². The number of rotatable bonds is 14. The van der Waals surface area contributed by atoms with E-state index in [2.05, 4.69) is 11.1 Å². The van der Waals surface area contributed by atoms with Crippen molar-refractivity contribution in [2.24, 2.45) is 0 Å². The van der Waals surface area contributed by atoms with Gasteiger partial charge in [-0.2, -0.15) is 0 Å². The first-order valence-corrected chi connectivity index (χ1v) is 8.51. The zero-order valence-electron chi connectivity index (χ0n) is 13.3. The molecular formula is C18H31NO2. The van der Waals surface area contributed by atoms with Crippen molar-refractivity contribution in [3.8, 4) is 0 Å². The van der Waals surface area contributed by atoms with E-state index in [1.807, 2.05) is 18.5 Å². The first kappa shape index (κ1) is 18.1. The summed E-state index contributed by atoms with van der Waals surface area (Å²) in [6.07, 6.45) is 15.7. The Kier molecular flexibility index (Phi) is 12.1. The Hall–Kier alpha value is -0.930. The fraction of sp³-hybridized carbons (Fsp3) is 0.722. The number of pyridine rings is 1. The molecular weight excluding hydrogens is 262 g/mol. The van der Waals surface area contributed by atoms with Gasteiger partial charge in [-0.3, -0.25) is 4.98 Å². The second-order valence-corrected chi connectivity index (χ2v) is 5.63. The van der Waals surface area contributed by atoms with Crippen molar-refractivity contribution in [3.05, 3.63) is 30.1 Å². The van der Waals surface area contributed by atoms with Crippen LogP contribution in [0.25, 0.3) is 0 Å². The Balaban J connectivity index is 1.75. The van der Waals surface area contributed by atoms with Crippen LogP contribution in [0.4, 0.5) is 0 Å². The van der Waals surface area contributed by atoms with Crippen LogP contribution in [-0.2, 0) is 11.2 Å². The van der Waals surface area contributed by atoms with Crippen LogP contribution in [0.15, 0.2) is 24.5 Å². The quantitative estimate of drug-likeness (QED) is 0.524. The molecule has 0 spiro atoms. The summed E-state index contributed by atoms with van der Waals surface area (Å²) in [6, 6.07) is 4.10. The normalized spacial score (nSPS) is 10.9. The largest absolute Gasteiger partial charge is 0.396 e. The van der Waals surface area contributed by atoms with Crippen LogP contribution in [0.3, 0.4) is 0 Å². The molecule has 0 atom stereocenters. The third-order valence-electron chi connectivity index (χ3n) is 3.67. The summed E-state index contributed by atoms with van der Waals surface area (Å²) in [7, 11) is 0. The summed E-state index contributed by atoms with van der Waals surface area (Å²) < 4.78 is 5.67. The zero-order chi connectivity index (χ0) is 15.0. The van der Waals surface area contributed by atoms with E-state index in [-0.39, 0.29) is 0 Å². The Morgan fingerprint density at radius 2 is 1.52 bits per heavy atom. The van der Waals surface area contributed by atoms with Crippen LogP contribution >= 0.6 is 0 Å². The minimum atomic E-state index is 0.345. The van der Waals surface area contributed by atoms with E-state index in [1.54, 1.807) is 0 Å². The molecule has 0 aliphatic rings. The molecule has 3 nitrogen and oxygen atoms in total. The predicted molar refractivity (Wildman–Crippen MR) is 87.4 cm³/mol. The molecule has 0 aliphatic carbocycles. The van der Waals surface area contributed by atoms with E-state index in [0.717, 1.165) is 32.5 Å². The smallest absolute Gasteiger partial charge is 0.0469 e. The molecule has 0 bridgehead atoms. The van der Waals surface area contributed by atoms with Gasteiger partial charge in [-0.1, -0.05) is 44.6 Å². The lowest BCUT2D eigenvalue weighted by Crippen LogP contribution is -1.99. The highest BCUT2D eigenvalue weighted by Crippen LogP contribution is 2.08. The average molecular weight is 293 g/mol. The van der Waals surface area contributed by atoms with Crippen LogP contribution in [0.5, 0.6) is 0 Å². The molecule has 21 heavy (non-hydrogen) atoms. The van der Waals surface area contributed by atoms with Gasteiger partial charge in [-0.25, -0.2) is 0 Å². The van der Waals surface area contributed by atoms with Crippen molar-refractivity contribution in [2.45, 2.75) is 64.2 Å². The third kappa shape index (κ3) is 11.4. The number of ether oxygens (including phenoxy) is 1. The van der Waals surface area contributed by atoms with Gasteiger partial charge in [0.1, 0.15) is 0 Å². The molecule has 0 aromatic carbocycles. The fourth-order valence-corrected chi connectivity index (χ4v) is 2.40. The molecule has 0 fully saturated rings. The second kappa shape index (κ2) is 14.0. The minimum Gasteiger partial charge on any atom is -0.396 e. The molecule has 0 saturated heterocycles. The second-order valence-electron chi connectivity index (χ2n) is 5.63. The molecule has 0 saturated carbocycles. The van der Waals surface area contributed by atoms with Crippen molar-refractivity contribution in [3.63, 3.8) is 0 Å². The molecule has 1 rings (SSSR count). The van der Waals surface area contributed by atoms with Gasteiger partial charge in [0, 0.05) is 32.2 Å². The maximum atomic E-state index is 8.68. The van der Waals surface area contributed by atoms with Crippen molar-refractivity contribution in [1.29, 1.82) is 0 Å². The lowest BCUT2D eigenvalue weighted by atomic mass is 10.1. The maximum Gasteiger partial charge on any atom is 0.0469 e. The molecule has 1 N–H and O–H groups in total. The molecule has 0 amide bonds. The lowest BCUT2D eigenvalue weighted by Gasteiger charge is -2.05. The predicted octanol–water partition coefficient (Wildman–Crippen LogP) is 4.14. The van der Waals surface area contributed by atoms with Crippen molar-refractivity contribution >= 4 is 0 Å². The summed E-state index contributed by atoms with van der Waals surface area (Å²) in [6.45, 7) is 2.10. The van der Waals surface area contributed by atoms with Gasteiger partial charge in [0.05, 0.1) is 0 Å². The minimum absolute atomic E-state index is 0.345. The number of aryl methyl sites for hydroxylation is 1. The van der Waals surface area contributed by atoms with Crippen LogP contribution in [-0.4, -0.2) is 29.9 Å². The summed E-state index contributed by atoms with van der Waals surface area (Å²) in [5.41, 5.74) is 1.29. The van der Waals surface area contributed by atoms with E-state index in [4.69, 9.17) is 9.84 Å². The van der Waals surface area contributed by atoms with E-state index in [9.17, 15) is 0 Å². The van der Waals surface area contributed by atoms with Gasteiger partial charge in [0.15, 0.2) is 0 Å². The number of unbranched alkanes of at least 4 members (excludes halogenated alkanes) is 7. The Morgan fingerprint density at radius 1 is 0.857 bits per heavy atom. The summed E-state index contributed by atoms with van der Waals surface area (Å²) >= 11 is 0. The van der Waals surface area contributed by atoms with E-state index < -0.39 is 0 Å². The van der Waals surface area contributed by atoms with Crippen LogP contribution < -0.4 is 0 Å². The Morgan fingerprint density at radius 3 is 2.19 bits per heavy atom. The number of nitrogens with zero attached hydrogens (tertiary/aromatic N) is 1. The van der Waals surface area contributed by atoms with Gasteiger partial charge < -0.3 is 9.84 Å². The first-order chi connectivity index (χ1) is 10.4. The molecule has 1 aromatic rings. The average Bonchev–Trinajstić information content (AvgIpc) is 2.53.